The Labute approximate surface area is 315 Å². The molecule has 12 nitrogen and oxygen atoms in total. The topological polar surface area (TPSA) is 146 Å². The summed E-state index contributed by atoms with van der Waals surface area (Å²) in [5.41, 5.74) is 5.48. The number of hydrogen-bond acceptors (Lipinski definition) is 7. The van der Waals surface area contributed by atoms with Crippen molar-refractivity contribution < 1.29 is 23.9 Å². The smallest absolute Gasteiger partial charge is 0.410 e. The van der Waals surface area contributed by atoms with Crippen molar-refractivity contribution in [2.24, 2.45) is 5.92 Å². The average molecular weight is 732 g/mol. The van der Waals surface area contributed by atoms with Gasteiger partial charge in [-0.25, -0.2) is 19.6 Å². The Balaban J connectivity index is 1.03. The Kier molecular flexibility index (Phi) is 10.2. The minimum absolute atomic E-state index is 0.0963. The number of fused-ring (bicyclic) bond motifs is 1. The first-order valence-corrected chi connectivity index (χ1v) is 18.8. The fourth-order valence-electron chi connectivity index (χ4n) is 7.52. The van der Waals surface area contributed by atoms with Gasteiger partial charge in [-0.1, -0.05) is 62.4 Å². The number of methoxy groups -OCH3 is 1. The molecule has 1 unspecified atom stereocenters. The highest BCUT2D eigenvalue weighted by Crippen LogP contribution is 2.35. The van der Waals surface area contributed by atoms with Gasteiger partial charge in [0, 0.05) is 18.7 Å². The van der Waals surface area contributed by atoms with Crippen molar-refractivity contribution in [3.63, 3.8) is 0 Å². The van der Waals surface area contributed by atoms with Gasteiger partial charge in [-0.2, -0.15) is 0 Å². The molecule has 2 aromatic heterocycles. The number of aromatic amines is 2. The number of amides is 3. The van der Waals surface area contributed by atoms with Gasteiger partial charge in [0.05, 0.1) is 43.0 Å². The minimum atomic E-state index is -0.679. The second-order valence-corrected chi connectivity index (χ2v) is 15.6. The fraction of sp³-hybridized carbons (Fsp3) is 0.405. The average Bonchev–Trinajstić information content (AvgIpc) is 3.98. The number of H-pyrrole nitrogens is 2. The van der Waals surface area contributed by atoms with Crippen LogP contribution in [0, 0.1) is 5.92 Å². The van der Waals surface area contributed by atoms with Gasteiger partial charge in [-0.3, -0.25) is 9.69 Å². The molecular formula is C42H49N7O5. The van der Waals surface area contributed by atoms with Crippen molar-refractivity contribution in [3.8, 4) is 33.6 Å². The zero-order chi connectivity index (χ0) is 38.1. The lowest BCUT2D eigenvalue weighted by atomic mass is 9.98. The van der Waals surface area contributed by atoms with Gasteiger partial charge in [0.25, 0.3) is 0 Å². The van der Waals surface area contributed by atoms with E-state index >= 15 is 0 Å². The van der Waals surface area contributed by atoms with E-state index in [2.05, 4.69) is 80.9 Å². The van der Waals surface area contributed by atoms with Crippen molar-refractivity contribution in [2.75, 3.05) is 20.2 Å². The predicted molar refractivity (Wildman–Crippen MR) is 207 cm³/mol. The highest BCUT2D eigenvalue weighted by Gasteiger charge is 2.38. The molecule has 3 atom stereocenters. The van der Waals surface area contributed by atoms with Crippen molar-refractivity contribution in [3.05, 3.63) is 84.7 Å². The van der Waals surface area contributed by atoms with Crippen molar-refractivity contribution >= 4 is 28.9 Å². The van der Waals surface area contributed by atoms with Gasteiger partial charge in [0.1, 0.15) is 23.3 Å². The lowest BCUT2D eigenvalue weighted by Crippen LogP contribution is -2.51. The van der Waals surface area contributed by atoms with E-state index in [1.165, 1.54) is 7.11 Å². The van der Waals surface area contributed by atoms with Crippen LogP contribution in [0.5, 0.6) is 0 Å². The SMILES string of the molecule is COC(=O)N[C@H](C(=O)N1CCCC1c1ncc(-c2ccc3cc(-c4ccc(-c5cnc([C@@H]6CCCN6C(=O)OC(C)(C)C)[nH]5)cc4)ccc3c2)[nH]1)C(C)C. The fourth-order valence-corrected chi connectivity index (χ4v) is 7.52. The molecule has 7 rings (SSSR count). The number of carbonyl (C=O) groups excluding carboxylic acids is 3. The molecule has 0 aliphatic carbocycles. The molecule has 0 bridgehead atoms. The Bertz CT molecular complexity index is 2150. The monoisotopic (exact) mass is 731 g/mol. The molecule has 3 amide bonds. The summed E-state index contributed by atoms with van der Waals surface area (Å²) in [4.78, 5) is 58.2. The standard InChI is InChI=1S/C42H49N7O5/c1-25(2)36(47-40(51)53-6)39(50)48-19-7-9-34(48)37-44-24-33(46-37)31-18-17-29-21-28(15-16-30(29)22-31)26-11-13-27(14-12-26)32-23-43-38(45-32)35-10-8-20-49(35)41(52)54-42(3,4)5/h11-18,21-25,34-36H,7-10,19-20H2,1-6H3,(H,43,45)(H,44,46)(H,47,51)/t34?,35-,36-/m0/s1. The van der Waals surface area contributed by atoms with E-state index in [4.69, 9.17) is 14.5 Å². The number of carbonyl (C=O) groups is 3. The normalized spacial score (nSPS) is 18.0. The zero-order valence-electron chi connectivity index (χ0n) is 31.8. The molecule has 3 N–H and O–H groups in total. The third kappa shape index (κ3) is 7.69. The largest absolute Gasteiger partial charge is 0.453 e. The van der Waals surface area contributed by atoms with Gasteiger partial charge < -0.3 is 29.7 Å². The summed E-state index contributed by atoms with van der Waals surface area (Å²) in [6, 6.07) is 20.2. The molecule has 2 aliphatic heterocycles. The van der Waals surface area contributed by atoms with Gasteiger partial charge >= 0.3 is 12.2 Å². The molecule has 4 heterocycles. The van der Waals surface area contributed by atoms with Crippen molar-refractivity contribution in [1.82, 2.24) is 35.1 Å². The lowest BCUT2D eigenvalue weighted by molar-refractivity contribution is -0.135. The van der Waals surface area contributed by atoms with Crippen LogP contribution in [-0.2, 0) is 14.3 Å². The molecule has 2 aliphatic rings. The van der Waals surface area contributed by atoms with Gasteiger partial charge in [0.15, 0.2) is 0 Å². The van der Waals surface area contributed by atoms with Crippen LogP contribution >= 0.6 is 0 Å². The lowest BCUT2D eigenvalue weighted by Gasteiger charge is -2.30. The Morgan fingerprint density at radius 3 is 1.87 bits per heavy atom. The van der Waals surface area contributed by atoms with Crippen LogP contribution in [0.1, 0.15) is 84.0 Å². The van der Waals surface area contributed by atoms with E-state index in [-0.39, 0.29) is 30.0 Å². The highest BCUT2D eigenvalue weighted by molar-refractivity contribution is 5.91. The first kappa shape index (κ1) is 36.7. The quantitative estimate of drug-likeness (QED) is 0.145. The summed E-state index contributed by atoms with van der Waals surface area (Å²) in [6.07, 6.45) is 6.15. The molecule has 282 valence electrons. The number of benzene rings is 3. The molecular weight excluding hydrogens is 683 g/mol. The number of aromatic nitrogens is 4. The number of alkyl carbamates (subject to hydrolysis) is 1. The number of nitrogens with zero attached hydrogens (tertiary/aromatic N) is 4. The molecule has 0 radical (unpaired) electrons. The summed E-state index contributed by atoms with van der Waals surface area (Å²) in [5.74, 6) is 1.29. The summed E-state index contributed by atoms with van der Waals surface area (Å²) >= 11 is 0. The van der Waals surface area contributed by atoms with Crippen LogP contribution in [-0.4, -0.2) is 79.7 Å². The van der Waals surface area contributed by atoms with E-state index in [0.717, 1.165) is 81.7 Å². The van der Waals surface area contributed by atoms with Gasteiger partial charge in [-0.05, 0) is 92.0 Å². The third-order valence-corrected chi connectivity index (χ3v) is 10.3. The van der Waals surface area contributed by atoms with Gasteiger partial charge in [-0.15, -0.1) is 0 Å². The van der Waals surface area contributed by atoms with E-state index < -0.39 is 17.7 Å². The van der Waals surface area contributed by atoms with Crippen molar-refractivity contribution in [2.45, 2.75) is 84.0 Å². The van der Waals surface area contributed by atoms with E-state index in [1.807, 2.05) is 51.9 Å². The first-order valence-electron chi connectivity index (χ1n) is 18.8. The number of nitrogens with one attached hydrogen (secondary N) is 3. The van der Waals surface area contributed by atoms with Gasteiger partial charge in [0.2, 0.25) is 5.91 Å². The predicted octanol–water partition coefficient (Wildman–Crippen LogP) is 8.40. The molecule has 2 saturated heterocycles. The van der Waals surface area contributed by atoms with Crippen LogP contribution in [0.15, 0.2) is 73.1 Å². The Morgan fingerprint density at radius 1 is 0.759 bits per heavy atom. The van der Waals surface area contributed by atoms with Crippen LogP contribution in [0.25, 0.3) is 44.4 Å². The maximum absolute atomic E-state index is 13.6. The van der Waals surface area contributed by atoms with Crippen molar-refractivity contribution in [1.29, 1.82) is 0 Å². The van der Waals surface area contributed by atoms with Crippen LogP contribution < -0.4 is 5.32 Å². The maximum atomic E-state index is 13.6. The second kappa shape index (κ2) is 15.0. The molecule has 0 saturated carbocycles. The number of likely N-dealkylation sites (tertiary alicyclic amines) is 2. The number of rotatable bonds is 8. The van der Waals surface area contributed by atoms with E-state index in [1.54, 1.807) is 4.90 Å². The Hall–Kier alpha value is -5.65. The van der Waals surface area contributed by atoms with E-state index in [0.29, 0.717) is 13.1 Å². The van der Waals surface area contributed by atoms with Crippen LogP contribution in [0.2, 0.25) is 0 Å². The number of imidazole rings is 2. The maximum Gasteiger partial charge on any atom is 0.410 e. The summed E-state index contributed by atoms with van der Waals surface area (Å²) in [5, 5.41) is 4.93. The number of hydrogen-bond donors (Lipinski definition) is 3. The molecule has 5 aromatic rings. The first-order chi connectivity index (χ1) is 25.9. The molecule has 12 heteroatoms. The Morgan fingerprint density at radius 2 is 1.28 bits per heavy atom. The molecule has 0 spiro atoms. The van der Waals surface area contributed by atoms with Crippen LogP contribution in [0.4, 0.5) is 9.59 Å². The van der Waals surface area contributed by atoms with E-state index in [9.17, 15) is 14.4 Å². The summed E-state index contributed by atoms with van der Waals surface area (Å²) in [6.45, 7) is 10.7. The van der Waals surface area contributed by atoms with Crippen LogP contribution in [0.3, 0.4) is 0 Å². The highest BCUT2D eigenvalue weighted by atomic mass is 16.6. The zero-order valence-corrected chi connectivity index (χ0v) is 31.8. The number of ether oxygens (including phenoxy) is 2. The third-order valence-electron chi connectivity index (χ3n) is 10.3. The summed E-state index contributed by atoms with van der Waals surface area (Å²) in [7, 11) is 1.30. The second-order valence-electron chi connectivity index (χ2n) is 15.6. The minimum Gasteiger partial charge on any atom is -0.453 e. The summed E-state index contributed by atoms with van der Waals surface area (Å²) < 4.78 is 10.4. The molecule has 54 heavy (non-hydrogen) atoms. The molecule has 2 fully saturated rings. The molecule has 3 aromatic carbocycles.